The van der Waals surface area contributed by atoms with E-state index in [1.807, 2.05) is 0 Å². The molecule has 0 radical (unpaired) electrons. The maximum absolute atomic E-state index is 2.70. The smallest absolute Gasteiger partial charge is 0.0257 e. The average molecular weight is 123 g/mol. The quantitative estimate of drug-likeness (QED) is 0.438. The molecule has 1 unspecified atom stereocenters. The second-order valence-electron chi connectivity index (χ2n) is 3.84. The fourth-order valence-electron chi connectivity index (χ4n) is 2.83. The highest BCUT2D eigenvalue weighted by atomic mass is 15.4. The van der Waals surface area contributed by atoms with Crippen molar-refractivity contribution in [3.05, 3.63) is 0 Å². The number of hydrogen-bond acceptors (Lipinski definition) is 1. The summed E-state index contributed by atoms with van der Waals surface area (Å²) in [4.78, 5) is 2.70. The minimum atomic E-state index is 1.06. The second kappa shape index (κ2) is 1.34. The van der Waals surface area contributed by atoms with E-state index >= 15 is 0 Å². The van der Waals surface area contributed by atoms with Gasteiger partial charge in [0.2, 0.25) is 0 Å². The van der Waals surface area contributed by atoms with Crippen molar-refractivity contribution in [2.24, 2.45) is 5.92 Å². The Morgan fingerprint density at radius 3 is 2.89 bits per heavy atom. The normalized spacial score (nSPS) is 61.3. The molecule has 1 aliphatic carbocycles. The molecular formula is C8H13N. The highest BCUT2D eigenvalue weighted by Crippen LogP contribution is 2.47. The fourth-order valence-corrected chi connectivity index (χ4v) is 2.83. The van der Waals surface area contributed by atoms with Crippen LogP contribution in [0.25, 0.3) is 0 Å². The molecule has 3 rings (SSSR count). The van der Waals surface area contributed by atoms with Gasteiger partial charge in [0.25, 0.3) is 0 Å². The van der Waals surface area contributed by atoms with Crippen LogP contribution in [0.5, 0.6) is 0 Å². The molecule has 2 heterocycles. The Bertz CT molecular complexity index is 119. The molecule has 2 saturated heterocycles. The van der Waals surface area contributed by atoms with Gasteiger partial charge in [-0.1, -0.05) is 0 Å². The van der Waals surface area contributed by atoms with E-state index in [0.29, 0.717) is 0 Å². The highest BCUT2D eigenvalue weighted by Gasteiger charge is 2.52. The molecule has 9 heavy (non-hydrogen) atoms. The van der Waals surface area contributed by atoms with Crippen LogP contribution in [0.1, 0.15) is 25.7 Å². The monoisotopic (exact) mass is 123 g/mol. The van der Waals surface area contributed by atoms with Crippen molar-refractivity contribution in [1.29, 1.82) is 0 Å². The summed E-state index contributed by atoms with van der Waals surface area (Å²) >= 11 is 0. The Kier molecular flexibility index (Phi) is 0.704. The van der Waals surface area contributed by atoms with Gasteiger partial charge in [-0.3, -0.25) is 4.90 Å². The predicted molar refractivity (Wildman–Crippen MR) is 36.2 cm³/mol. The number of piperidine rings is 1. The van der Waals surface area contributed by atoms with Gasteiger partial charge in [-0.15, -0.1) is 0 Å². The summed E-state index contributed by atoms with van der Waals surface area (Å²) in [6.07, 6.45) is 6.12. The zero-order valence-corrected chi connectivity index (χ0v) is 5.71. The Balaban J connectivity index is 1.92. The molecule has 50 valence electrons. The summed E-state index contributed by atoms with van der Waals surface area (Å²) in [5, 5.41) is 0. The Hall–Kier alpha value is -0.0400. The first-order valence-electron chi connectivity index (χ1n) is 4.21. The lowest BCUT2D eigenvalue weighted by Crippen LogP contribution is -2.19. The molecule has 0 aromatic carbocycles. The summed E-state index contributed by atoms with van der Waals surface area (Å²) in [6.45, 7) is 1.43. The lowest BCUT2D eigenvalue weighted by molar-refractivity contribution is 0.313. The van der Waals surface area contributed by atoms with Crippen molar-refractivity contribution in [1.82, 2.24) is 4.90 Å². The molecular weight excluding hydrogens is 110 g/mol. The molecule has 0 N–H and O–H groups in total. The van der Waals surface area contributed by atoms with Crippen LogP contribution in [0.2, 0.25) is 0 Å². The SMILES string of the molecule is C1C[C@@H]2[C@@H]3C[C@H]1CCN23. The van der Waals surface area contributed by atoms with Gasteiger partial charge in [0.1, 0.15) is 0 Å². The molecule has 4 atom stereocenters. The second-order valence-corrected chi connectivity index (χ2v) is 3.84. The molecule has 0 amide bonds. The highest BCUT2D eigenvalue weighted by molar-refractivity contribution is 5.08. The molecule has 0 aromatic rings. The molecule has 1 heteroatoms. The Morgan fingerprint density at radius 1 is 1.00 bits per heavy atom. The molecule has 2 aliphatic heterocycles. The van der Waals surface area contributed by atoms with Crippen LogP contribution in [0, 0.1) is 5.92 Å². The topological polar surface area (TPSA) is 3.01 Å². The average Bonchev–Trinajstić information content (AvgIpc) is 2.62. The van der Waals surface area contributed by atoms with E-state index in [2.05, 4.69) is 4.90 Å². The van der Waals surface area contributed by atoms with Gasteiger partial charge in [0.15, 0.2) is 0 Å². The molecule has 1 nitrogen and oxygen atoms in total. The number of nitrogens with zero attached hydrogens (tertiary/aromatic N) is 1. The number of fused-ring (bicyclic) bond motifs is 2. The van der Waals surface area contributed by atoms with Crippen molar-refractivity contribution in [3.63, 3.8) is 0 Å². The summed E-state index contributed by atoms with van der Waals surface area (Å²) in [5.41, 5.74) is 0. The van der Waals surface area contributed by atoms with E-state index in [1.165, 1.54) is 25.8 Å². The van der Waals surface area contributed by atoms with Crippen LogP contribution in [-0.4, -0.2) is 23.5 Å². The molecule has 0 aromatic heterocycles. The van der Waals surface area contributed by atoms with Gasteiger partial charge in [0.05, 0.1) is 0 Å². The van der Waals surface area contributed by atoms with Crippen LogP contribution in [-0.2, 0) is 0 Å². The first-order valence-corrected chi connectivity index (χ1v) is 4.21. The molecule has 0 spiro atoms. The van der Waals surface area contributed by atoms with Gasteiger partial charge in [0, 0.05) is 12.1 Å². The maximum Gasteiger partial charge on any atom is 0.0257 e. The van der Waals surface area contributed by atoms with Crippen molar-refractivity contribution in [2.45, 2.75) is 37.8 Å². The first kappa shape index (κ1) is 4.73. The summed E-state index contributed by atoms with van der Waals surface area (Å²) in [7, 11) is 0. The lowest BCUT2D eigenvalue weighted by Gasteiger charge is -2.21. The van der Waals surface area contributed by atoms with Gasteiger partial charge < -0.3 is 0 Å². The van der Waals surface area contributed by atoms with Crippen LogP contribution >= 0.6 is 0 Å². The Labute approximate surface area is 56.0 Å². The zero-order chi connectivity index (χ0) is 5.84. The predicted octanol–water partition coefficient (Wildman–Crippen LogP) is 1.24. The lowest BCUT2D eigenvalue weighted by atomic mass is 9.87. The molecule has 3 fully saturated rings. The van der Waals surface area contributed by atoms with Crippen molar-refractivity contribution in [2.75, 3.05) is 6.54 Å². The molecule has 3 aliphatic rings. The van der Waals surface area contributed by atoms with Crippen molar-refractivity contribution in [3.8, 4) is 0 Å². The van der Waals surface area contributed by atoms with E-state index in [0.717, 1.165) is 18.0 Å². The van der Waals surface area contributed by atoms with Gasteiger partial charge >= 0.3 is 0 Å². The van der Waals surface area contributed by atoms with Crippen molar-refractivity contribution < 1.29 is 0 Å². The van der Waals surface area contributed by atoms with E-state index in [-0.39, 0.29) is 0 Å². The number of hydrogen-bond donors (Lipinski definition) is 0. The largest absolute Gasteiger partial charge is 0.294 e. The van der Waals surface area contributed by atoms with E-state index in [1.54, 1.807) is 6.42 Å². The van der Waals surface area contributed by atoms with Gasteiger partial charge in [-0.25, -0.2) is 0 Å². The summed E-state index contributed by atoms with van der Waals surface area (Å²) in [5.74, 6) is 1.13. The van der Waals surface area contributed by atoms with E-state index in [4.69, 9.17) is 0 Å². The third-order valence-electron chi connectivity index (χ3n) is 3.45. The minimum absolute atomic E-state index is 1.06. The van der Waals surface area contributed by atoms with Crippen molar-refractivity contribution >= 4 is 0 Å². The van der Waals surface area contributed by atoms with E-state index in [9.17, 15) is 0 Å². The van der Waals surface area contributed by atoms with Crippen LogP contribution < -0.4 is 0 Å². The first-order chi connectivity index (χ1) is 4.45. The van der Waals surface area contributed by atoms with Crippen LogP contribution in [0.3, 0.4) is 0 Å². The van der Waals surface area contributed by atoms with Crippen LogP contribution in [0.15, 0.2) is 0 Å². The molecule has 2 bridgehead atoms. The summed E-state index contributed by atoms with van der Waals surface area (Å²) in [6, 6.07) is 2.13. The fraction of sp³-hybridized carbons (Fsp3) is 1.00. The number of rotatable bonds is 0. The third kappa shape index (κ3) is 0.493. The minimum Gasteiger partial charge on any atom is -0.294 e. The standard InChI is InChI=1S/C8H13N/c1-2-7-8-5-6(1)3-4-9(7)8/h6-8H,1-5H2/t6-,7-,8+,9?/m1/s1. The van der Waals surface area contributed by atoms with Gasteiger partial charge in [-0.2, -0.15) is 0 Å². The Morgan fingerprint density at radius 2 is 2.00 bits per heavy atom. The molecule has 1 saturated carbocycles. The van der Waals surface area contributed by atoms with Crippen LogP contribution in [0.4, 0.5) is 0 Å². The maximum atomic E-state index is 2.70. The van der Waals surface area contributed by atoms with Gasteiger partial charge in [-0.05, 0) is 38.1 Å². The summed E-state index contributed by atoms with van der Waals surface area (Å²) < 4.78 is 0. The third-order valence-corrected chi connectivity index (χ3v) is 3.45. The van der Waals surface area contributed by atoms with E-state index < -0.39 is 0 Å². The zero-order valence-electron chi connectivity index (χ0n) is 5.71.